The van der Waals surface area contributed by atoms with Gasteiger partial charge in [0.2, 0.25) is 0 Å². The number of nitrogens with zero attached hydrogens (tertiary/aromatic N) is 4. The van der Waals surface area contributed by atoms with Gasteiger partial charge in [0.15, 0.2) is 17.5 Å². The van der Waals surface area contributed by atoms with E-state index in [0.717, 1.165) is 87.6 Å². The highest BCUT2D eigenvalue weighted by atomic mass is 32.1. The van der Waals surface area contributed by atoms with Crippen LogP contribution in [-0.2, 0) is 0 Å². The molecule has 14 rings (SSSR count). The van der Waals surface area contributed by atoms with Crippen LogP contribution in [0.3, 0.4) is 0 Å². The standard InChI is InChI=1S/C57H32N4O2S/c1-2-13-35(14-3-1)61-46-23-7-4-15-37(46)45-31-33(28-30-47(45)61)36-18-10-20-42-52-43(21-12-25-49(52)63-53(36)42)56-58-55(34-27-29-39-38-16-5-8-24-48(38)62-50(39)32-34)59-57(60-56)44-22-11-19-41-40-17-6-9-26-51(40)64-54(41)44/h1-32H. The van der Waals surface area contributed by atoms with Crippen LogP contribution in [0.15, 0.2) is 203 Å². The molecule has 7 heteroatoms. The number of thiophene rings is 1. The third kappa shape index (κ3) is 5.22. The Kier molecular flexibility index (Phi) is 7.46. The summed E-state index contributed by atoms with van der Waals surface area (Å²) < 4.78 is 18.0. The average Bonchev–Trinajstić information content (AvgIpc) is 4.12. The van der Waals surface area contributed by atoms with Crippen molar-refractivity contribution in [1.82, 2.24) is 19.5 Å². The number of aromatic nitrogens is 4. The molecule has 0 saturated heterocycles. The maximum Gasteiger partial charge on any atom is 0.165 e. The summed E-state index contributed by atoms with van der Waals surface area (Å²) in [5.74, 6) is 1.74. The maximum atomic E-state index is 6.89. The summed E-state index contributed by atoms with van der Waals surface area (Å²) in [5, 5.41) is 8.87. The SMILES string of the molecule is c1ccc(-n2c3ccccc3c3cc(-c4cccc5c4oc4cccc(-c6nc(-c7ccc8c(c7)oc7ccccc78)nc(-c7cccc8c7sc7ccccc78)n6)c45)ccc32)cc1. The summed E-state index contributed by atoms with van der Waals surface area (Å²) in [6, 6.07) is 67.9. The summed E-state index contributed by atoms with van der Waals surface area (Å²) in [5.41, 5.74) is 11.4. The lowest BCUT2D eigenvalue weighted by Gasteiger charge is -2.10. The summed E-state index contributed by atoms with van der Waals surface area (Å²) in [6.45, 7) is 0. The second-order valence-electron chi connectivity index (χ2n) is 16.3. The predicted octanol–water partition coefficient (Wildman–Crippen LogP) is 15.8. The van der Waals surface area contributed by atoms with Gasteiger partial charge < -0.3 is 13.4 Å². The van der Waals surface area contributed by atoms with Gasteiger partial charge in [0.1, 0.15) is 22.3 Å². The minimum Gasteiger partial charge on any atom is -0.456 e. The second kappa shape index (κ2) is 13.6. The number of hydrogen-bond donors (Lipinski definition) is 0. The Bertz CT molecular complexity index is 4210. The minimum atomic E-state index is 0.564. The van der Waals surface area contributed by atoms with Gasteiger partial charge in [-0.1, -0.05) is 127 Å². The Labute approximate surface area is 368 Å². The Morgan fingerprint density at radius 2 is 1.02 bits per heavy atom. The van der Waals surface area contributed by atoms with E-state index in [4.69, 9.17) is 23.8 Å². The quantitative estimate of drug-likeness (QED) is 0.173. The van der Waals surface area contributed by atoms with Gasteiger partial charge in [0.25, 0.3) is 0 Å². The van der Waals surface area contributed by atoms with Crippen molar-refractivity contribution in [3.63, 3.8) is 0 Å². The van der Waals surface area contributed by atoms with Crippen LogP contribution in [0.1, 0.15) is 0 Å². The molecule has 0 amide bonds. The fourth-order valence-electron chi connectivity index (χ4n) is 9.79. The lowest BCUT2D eigenvalue weighted by atomic mass is 9.99. The highest BCUT2D eigenvalue weighted by Gasteiger charge is 2.22. The number of rotatable bonds is 5. The van der Waals surface area contributed by atoms with Crippen LogP contribution in [0.25, 0.3) is 137 Å². The van der Waals surface area contributed by atoms with E-state index in [9.17, 15) is 0 Å². The normalized spacial score (nSPS) is 12.1. The van der Waals surface area contributed by atoms with Crippen LogP contribution >= 0.6 is 11.3 Å². The third-order valence-electron chi connectivity index (χ3n) is 12.7. The number of hydrogen-bond acceptors (Lipinski definition) is 6. The van der Waals surface area contributed by atoms with Crippen LogP contribution in [0, 0.1) is 0 Å². The molecule has 5 heterocycles. The van der Waals surface area contributed by atoms with Gasteiger partial charge in [-0.25, -0.2) is 15.0 Å². The first-order valence-corrected chi connectivity index (χ1v) is 22.2. The van der Waals surface area contributed by atoms with Gasteiger partial charge in [0, 0.05) is 80.4 Å². The molecule has 0 aliphatic rings. The molecule has 0 N–H and O–H groups in total. The number of fused-ring (bicyclic) bond motifs is 12. The molecule has 0 saturated carbocycles. The molecule has 5 aromatic heterocycles. The van der Waals surface area contributed by atoms with Crippen molar-refractivity contribution in [3.8, 4) is 51.0 Å². The van der Waals surface area contributed by atoms with Gasteiger partial charge >= 0.3 is 0 Å². The van der Waals surface area contributed by atoms with Gasteiger partial charge in [-0.05, 0) is 72.3 Å². The average molecular weight is 837 g/mol. The first kappa shape index (κ1) is 35.2. The zero-order chi connectivity index (χ0) is 41.9. The van der Waals surface area contributed by atoms with E-state index >= 15 is 0 Å². The summed E-state index contributed by atoms with van der Waals surface area (Å²) >= 11 is 1.77. The number of benzene rings is 9. The molecule has 0 unspecified atom stereocenters. The van der Waals surface area contributed by atoms with Crippen LogP contribution < -0.4 is 0 Å². The zero-order valence-electron chi connectivity index (χ0n) is 34.0. The van der Waals surface area contributed by atoms with Crippen LogP contribution in [-0.4, -0.2) is 19.5 Å². The molecule has 0 aliphatic carbocycles. The molecule has 298 valence electrons. The molecule has 64 heavy (non-hydrogen) atoms. The molecular weight excluding hydrogens is 805 g/mol. The smallest absolute Gasteiger partial charge is 0.165 e. The number of para-hydroxylation sites is 4. The molecular formula is C57H32N4O2S. The Hall–Kier alpha value is -8.39. The van der Waals surface area contributed by atoms with Gasteiger partial charge in [-0.15, -0.1) is 11.3 Å². The van der Waals surface area contributed by atoms with E-state index in [2.05, 4.69) is 162 Å². The van der Waals surface area contributed by atoms with Gasteiger partial charge in [-0.3, -0.25) is 0 Å². The molecule has 0 atom stereocenters. The van der Waals surface area contributed by atoms with Crippen molar-refractivity contribution in [2.24, 2.45) is 0 Å². The largest absolute Gasteiger partial charge is 0.456 e. The first-order valence-electron chi connectivity index (χ1n) is 21.3. The summed E-state index contributed by atoms with van der Waals surface area (Å²) in [6.07, 6.45) is 0. The number of furan rings is 2. The van der Waals surface area contributed by atoms with Crippen molar-refractivity contribution in [3.05, 3.63) is 194 Å². The zero-order valence-corrected chi connectivity index (χ0v) is 34.8. The van der Waals surface area contributed by atoms with Crippen LogP contribution in [0.4, 0.5) is 0 Å². The molecule has 0 bridgehead atoms. The molecule has 0 fully saturated rings. The van der Waals surface area contributed by atoms with Crippen molar-refractivity contribution >= 4 is 97.2 Å². The van der Waals surface area contributed by atoms with Crippen molar-refractivity contribution < 1.29 is 8.83 Å². The van der Waals surface area contributed by atoms with E-state index in [1.807, 2.05) is 36.4 Å². The Morgan fingerprint density at radius 3 is 1.92 bits per heavy atom. The monoisotopic (exact) mass is 836 g/mol. The lowest BCUT2D eigenvalue weighted by Crippen LogP contribution is -2.00. The third-order valence-corrected chi connectivity index (χ3v) is 13.9. The van der Waals surface area contributed by atoms with Gasteiger partial charge in [-0.2, -0.15) is 0 Å². The molecule has 14 aromatic rings. The first-order chi connectivity index (χ1) is 31.7. The Balaban J connectivity index is 0.978. The van der Waals surface area contributed by atoms with E-state index in [1.54, 1.807) is 11.3 Å². The van der Waals surface area contributed by atoms with Crippen molar-refractivity contribution in [2.45, 2.75) is 0 Å². The van der Waals surface area contributed by atoms with Gasteiger partial charge in [0.05, 0.1) is 11.0 Å². The van der Waals surface area contributed by atoms with Crippen LogP contribution in [0.2, 0.25) is 0 Å². The molecule has 9 aromatic carbocycles. The maximum absolute atomic E-state index is 6.89. The van der Waals surface area contributed by atoms with E-state index in [-0.39, 0.29) is 0 Å². The van der Waals surface area contributed by atoms with Crippen molar-refractivity contribution in [2.75, 3.05) is 0 Å². The highest BCUT2D eigenvalue weighted by molar-refractivity contribution is 7.26. The van der Waals surface area contributed by atoms with Crippen molar-refractivity contribution in [1.29, 1.82) is 0 Å². The van der Waals surface area contributed by atoms with E-state index in [0.29, 0.717) is 17.5 Å². The highest BCUT2D eigenvalue weighted by Crippen LogP contribution is 2.44. The lowest BCUT2D eigenvalue weighted by molar-refractivity contribution is 0.669. The molecule has 0 spiro atoms. The molecule has 0 aliphatic heterocycles. The van der Waals surface area contributed by atoms with E-state index in [1.165, 1.54) is 31.8 Å². The predicted molar refractivity (Wildman–Crippen MR) is 263 cm³/mol. The Morgan fingerprint density at radius 1 is 0.375 bits per heavy atom. The summed E-state index contributed by atoms with van der Waals surface area (Å²) in [4.78, 5) is 15.9. The van der Waals surface area contributed by atoms with Crippen LogP contribution in [0.5, 0.6) is 0 Å². The minimum absolute atomic E-state index is 0.564. The molecule has 0 radical (unpaired) electrons. The summed E-state index contributed by atoms with van der Waals surface area (Å²) in [7, 11) is 0. The fraction of sp³-hybridized carbons (Fsp3) is 0. The topological polar surface area (TPSA) is 69.9 Å². The second-order valence-corrected chi connectivity index (χ2v) is 17.3. The van der Waals surface area contributed by atoms with E-state index < -0.39 is 0 Å². The molecule has 6 nitrogen and oxygen atoms in total. The fourth-order valence-corrected chi connectivity index (χ4v) is 11.0.